The molecule has 1 atom stereocenters. The predicted octanol–water partition coefficient (Wildman–Crippen LogP) is 2.11. The fourth-order valence-corrected chi connectivity index (χ4v) is 2.28. The minimum absolute atomic E-state index is 0.544. The van der Waals surface area contributed by atoms with Crippen molar-refractivity contribution in [3.05, 3.63) is 36.0 Å². The van der Waals surface area contributed by atoms with Crippen molar-refractivity contribution in [2.45, 2.75) is 38.8 Å². The van der Waals surface area contributed by atoms with Gasteiger partial charge in [0.1, 0.15) is 11.4 Å². The van der Waals surface area contributed by atoms with Crippen molar-refractivity contribution < 1.29 is 5.11 Å². The number of aromatic amines is 1. The molecule has 0 aliphatic carbocycles. The highest BCUT2D eigenvalue weighted by atomic mass is 16.3. The van der Waals surface area contributed by atoms with E-state index in [0.717, 1.165) is 29.8 Å². The normalized spacial score (nSPS) is 14.2. The van der Waals surface area contributed by atoms with Gasteiger partial charge >= 0.3 is 0 Å². The van der Waals surface area contributed by atoms with E-state index in [-0.39, 0.29) is 0 Å². The zero-order chi connectivity index (χ0) is 14.4. The summed E-state index contributed by atoms with van der Waals surface area (Å²) in [7, 11) is 0. The van der Waals surface area contributed by atoms with Crippen molar-refractivity contribution in [3.8, 4) is 11.3 Å². The molecule has 0 fully saturated rings. The summed E-state index contributed by atoms with van der Waals surface area (Å²) in [6.07, 6.45) is 1.75. The molecule has 1 aromatic carbocycles. The molecule has 0 radical (unpaired) electrons. The van der Waals surface area contributed by atoms with E-state index >= 15 is 0 Å². The van der Waals surface area contributed by atoms with Crippen LogP contribution in [-0.2, 0) is 6.54 Å². The molecule has 108 valence electrons. The molecule has 5 nitrogen and oxygen atoms in total. The summed E-state index contributed by atoms with van der Waals surface area (Å²) in [4.78, 5) is 0. The third-order valence-corrected chi connectivity index (χ3v) is 3.25. The quantitative estimate of drug-likeness (QED) is 0.723. The Balaban J connectivity index is 1.97. The number of nitrogens with zero attached hydrogens (tertiary/aromatic N) is 2. The summed E-state index contributed by atoms with van der Waals surface area (Å²) in [5, 5.41) is 24.4. The predicted molar refractivity (Wildman–Crippen MR) is 79.1 cm³/mol. The van der Waals surface area contributed by atoms with Crippen LogP contribution in [0.1, 0.15) is 32.4 Å². The van der Waals surface area contributed by atoms with E-state index < -0.39 is 5.60 Å². The first-order chi connectivity index (χ1) is 9.62. The molecule has 2 rings (SSSR count). The van der Waals surface area contributed by atoms with E-state index in [1.54, 1.807) is 0 Å². The maximum Gasteiger partial charge on any atom is 0.117 e. The van der Waals surface area contributed by atoms with Crippen molar-refractivity contribution in [1.82, 2.24) is 20.7 Å². The summed E-state index contributed by atoms with van der Waals surface area (Å²) in [5.74, 6) is 0. The van der Waals surface area contributed by atoms with E-state index in [0.29, 0.717) is 13.1 Å². The molecule has 0 aliphatic heterocycles. The first kappa shape index (κ1) is 14.7. The van der Waals surface area contributed by atoms with Gasteiger partial charge in [0.25, 0.3) is 0 Å². The molecule has 5 heteroatoms. The second-order valence-corrected chi connectivity index (χ2v) is 5.34. The zero-order valence-corrected chi connectivity index (χ0v) is 12.1. The van der Waals surface area contributed by atoms with E-state index in [1.807, 2.05) is 37.3 Å². The van der Waals surface area contributed by atoms with Gasteiger partial charge in [-0.2, -0.15) is 15.4 Å². The van der Waals surface area contributed by atoms with Gasteiger partial charge in [0, 0.05) is 18.7 Å². The molecular weight excluding hydrogens is 252 g/mol. The molecule has 0 bridgehead atoms. The number of H-pyrrole nitrogens is 1. The Kier molecular flexibility index (Phi) is 4.87. The standard InChI is InChI=1S/C15H22N4O/c1-3-9-15(2,20)11-16-10-13-14(18-19-17-13)12-7-5-4-6-8-12/h4-8,16,20H,3,9-11H2,1-2H3,(H,17,18,19). The summed E-state index contributed by atoms with van der Waals surface area (Å²) < 4.78 is 0. The summed E-state index contributed by atoms with van der Waals surface area (Å²) in [6.45, 7) is 5.05. The minimum atomic E-state index is -0.675. The fraction of sp³-hybridized carbons (Fsp3) is 0.467. The summed E-state index contributed by atoms with van der Waals surface area (Å²) in [5.41, 5.74) is 2.08. The molecule has 0 saturated carbocycles. The lowest BCUT2D eigenvalue weighted by molar-refractivity contribution is 0.0497. The lowest BCUT2D eigenvalue weighted by atomic mass is 10.0. The van der Waals surface area contributed by atoms with Crippen LogP contribution in [0, 0.1) is 0 Å². The highest BCUT2D eigenvalue weighted by molar-refractivity contribution is 5.60. The van der Waals surface area contributed by atoms with Crippen LogP contribution >= 0.6 is 0 Å². The molecule has 0 amide bonds. The summed E-state index contributed by atoms with van der Waals surface area (Å²) >= 11 is 0. The lowest BCUT2D eigenvalue weighted by Crippen LogP contribution is -2.37. The number of aromatic nitrogens is 3. The average Bonchev–Trinajstić information content (AvgIpc) is 2.88. The van der Waals surface area contributed by atoms with Crippen LogP contribution in [0.25, 0.3) is 11.3 Å². The highest BCUT2D eigenvalue weighted by Gasteiger charge is 2.19. The van der Waals surface area contributed by atoms with Crippen LogP contribution in [-0.4, -0.2) is 32.7 Å². The highest BCUT2D eigenvalue weighted by Crippen LogP contribution is 2.19. The molecule has 0 spiro atoms. The van der Waals surface area contributed by atoms with Crippen LogP contribution in [0.2, 0.25) is 0 Å². The average molecular weight is 274 g/mol. The number of rotatable bonds is 7. The Bertz CT molecular complexity index is 522. The van der Waals surface area contributed by atoms with Gasteiger partial charge in [-0.05, 0) is 13.3 Å². The van der Waals surface area contributed by atoms with Crippen molar-refractivity contribution in [2.24, 2.45) is 0 Å². The number of hydrogen-bond donors (Lipinski definition) is 3. The molecule has 3 N–H and O–H groups in total. The van der Waals surface area contributed by atoms with Crippen LogP contribution in [0.4, 0.5) is 0 Å². The Morgan fingerprint density at radius 1 is 1.25 bits per heavy atom. The molecule has 1 unspecified atom stereocenters. The molecular formula is C15H22N4O. The van der Waals surface area contributed by atoms with E-state index in [2.05, 4.69) is 27.7 Å². The van der Waals surface area contributed by atoms with Crippen molar-refractivity contribution in [1.29, 1.82) is 0 Å². The fourth-order valence-electron chi connectivity index (χ4n) is 2.28. The minimum Gasteiger partial charge on any atom is -0.389 e. The number of benzene rings is 1. The van der Waals surface area contributed by atoms with E-state index in [9.17, 15) is 5.11 Å². The van der Waals surface area contributed by atoms with Gasteiger partial charge in [0.2, 0.25) is 0 Å². The van der Waals surface area contributed by atoms with Gasteiger partial charge < -0.3 is 10.4 Å². The van der Waals surface area contributed by atoms with Gasteiger partial charge in [-0.25, -0.2) is 0 Å². The number of hydrogen-bond acceptors (Lipinski definition) is 4. The molecule has 20 heavy (non-hydrogen) atoms. The van der Waals surface area contributed by atoms with Crippen molar-refractivity contribution in [2.75, 3.05) is 6.54 Å². The molecule has 1 heterocycles. The first-order valence-corrected chi connectivity index (χ1v) is 7.00. The van der Waals surface area contributed by atoms with Crippen LogP contribution < -0.4 is 5.32 Å². The maximum atomic E-state index is 10.1. The van der Waals surface area contributed by atoms with Gasteiger partial charge in [0.05, 0.1) is 5.60 Å². The van der Waals surface area contributed by atoms with E-state index in [1.165, 1.54) is 0 Å². The lowest BCUT2D eigenvalue weighted by Gasteiger charge is -2.22. The van der Waals surface area contributed by atoms with Crippen molar-refractivity contribution >= 4 is 0 Å². The smallest absolute Gasteiger partial charge is 0.117 e. The van der Waals surface area contributed by atoms with Crippen molar-refractivity contribution in [3.63, 3.8) is 0 Å². The second-order valence-electron chi connectivity index (χ2n) is 5.34. The zero-order valence-electron chi connectivity index (χ0n) is 12.1. The maximum absolute atomic E-state index is 10.1. The number of aliphatic hydroxyl groups is 1. The topological polar surface area (TPSA) is 73.8 Å². The van der Waals surface area contributed by atoms with E-state index in [4.69, 9.17) is 0 Å². The van der Waals surface area contributed by atoms with Gasteiger partial charge in [-0.1, -0.05) is 43.7 Å². The first-order valence-electron chi connectivity index (χ1n) is 7.00. The van der Waals surface area contributed by atoms with Gasteiger partial charge in [-0.15, -0.1) is 0 Å². The molecule has 0 saturated heterocycles. The van der Waals surface area contributed by atoms with Crippen LogP contribution in [0.3, 0.4) is 0 Å². The second kappa shape index (κ2) is 6.63. The van der Waals surface area contributed by atoms with Crippen LogP contribution in [0.15, 0.2) is 30.3 Å². The summed E-state index contributed by atoms with van der Waals surface area (Å²) in [6, 6.07) is 9.95. The Morgan fingerprint density at radius 2 is 2.00 bits per heavy atom. The van der Waals surface area contributed by atoms with Crippen LogP contribution in [0.5, 0.6) is 0 Å². The van der Waals surface area contributed by atoms with Gasteiger partial charge in [0.15, 0.2) is 0 Å². The number of nitrogens with one attached hydrogen (secondary N) is 2. The Morgan fingerprint density at radius 3 is 2.70 bits per heavy atom. The Labute approximate surface area is 119 Å². The molecule has 1 aromatic heterocycles. The molecule has 2 aromatic rings. The third-order valence-electron chi connectivity index (χ3n) is 3.25. The Hall–Kier alpha value is -1.72. The third kappa shape index (κ3) is 3.88. The van der Waals surface area contributed by atoms with Gasteiger partial charge in [-0.3, -0.25) is 0 Å². The largest absolute Gasteiger partial charge is 0.389 e. The SMILES string of the molecule is CCCC(C)(O)CNCc1n[nH]nc1-c1ccccc1. The molecule has 0 aliphatic rings. The monoisotopic (exact) mass is 274 g/mol.